The summed E-state index contributed by atoms with van der Waals surface area (Å²) in [7, 11) is 1.84. The van der Waals surface area contributed by atoms with Gasteiger partial charge in [-0.05, 0) is 24.3 Å². The Morgan fingerprint density at radius 3 is 2.73 bits per heavy atom. The third kappa shape index (κ3) is 3.09. The van der Waals surface area contributed by atoms with E-state index in [2.05, 4.69) is 10.3 Å². The van der Waals surface area contributed by atoms with Crippen LogP contribution in [0.15, 0.2) is 42.5 Å². The number of morpholine rings is 1. The number of nitrogens with zero attached hydrogens (tertiary/aromatic N) is 2. The van der Waals surface area contributed by atoms with E-state index in [1.807, 2.05) is 54.4 Å². The van der Waals surface area contributed by atoms with Crippen molar-refractivity contribution in [2.75, 3.05) is 38.7 Å². The fraction of sp³-hybridized carbons (Fsp3) is 0.294. The molecule has 3 rings (SSSR count). The number of carbonyl (C=O) groups is 1. The van der Waals surface area contributed by atoms with Crippen molar-refractivity contribution >= 4 is 11.7 Å². The number of hydrogen-bond donors (Lipinski definition) is 1. The first-order valence-electron chi connectivity index (χ1n) is 7.40. The molecule has 0 unspecified atom stereocenters. The summed E-state index contributed by atoms with van der Waals surface area (Å²) in [6.07, 6.45) is 0. The first kappa shape index (κ1) is 14.5. The number of pyridine rings is 1. The van der Waals surface area contributed by atoms with Gasteiger partial charge in [-0.25, -0.2) is 4.98 Å². The zero-order chi connectivity index (χ0) is 15.4. The number of nitrogens with one attached hydrogen (secondary N) is 1. The average molecular weight is 297 g/mol. The molecule has 5 heteroatoms. The van der Waals surface area contributed by atoms with Crippen LogP contribution in [0.5, 0.6) is 0 Å². The van der Waals surface area contributed by atoms with Crippen molar-refractivity contribution in [3.05, 3.63) is 48.0 Å². The third-order valence-corrected chi connectivity index (χ3v) is 3.71. The summed E-state index contributed by atoms with van der Waals surface area (Å²) in [6.45, 7) is 2.52. The van der Waals surface area contributed by atoms with E-state index in [4.69, 9.17) is 4.74 Å². The van der Waals surface area contributed by atoms with Gasteiger partial charge in [-0.3, -0.25) is 4.79 Å². The molecular weight excluding hydrogens is 278 g/mol. The molecule has 0 saturated carbocycles. The van der Waals surface area contributed by atoms with Crippen LogP contribution in [-0.2, 0) is 4.74 Å². The molecule has 0 bridgehead atoms. The van der Waals surface area contributed by atoms with Gasteiger partial charge >= 0.3 is 0 Å². The van der Waals surface area contributed by atoms with Gasteiger partial charge in [-0.15, -0.1) is 0 Å². The van der Waals surface area contributed by atoms with Crippen LogP contribution in [0.2, 0.25) is 0 Å². The molecule has 1 aromatic carbocycles. The summed E-state index contributed by atoms with van der Waals surface area (Å²) in [5.74, 6) is 0.859. The molecule has 1 fully saturated rings. The molecule has 1 aliphatic rings. The first-order chi connectivity index (χ1) is 10.8. The maximum absolute atomic E-state index is 12.5. The summed E-state index contributed by atoms with van der Waals surface area (Å²) >= 11 is 0. The van der Waals surface area contributed by atoms with E-state index >= 15 is 0 Å². The number of aromatic nitrogens is 1. The normalized spacial score (nSPS) is 14.7. The summed E-state index contributed by atoms with van der Waals surface area (Å²) in [5, 5.41) is 3.03. The second-order valence-electron chi connectivity index (χ2n) is 5.14. The second kappa shape index (κ2) is 6.58. The number of amides is 1. The zero-order valence-corrected chi connectivity index (χ0v) is 12.6. The standard InChI is InChI=1S/C17H19N3O2/c1-18-16-7-3-6-15(19-16)13-4-2-5-14(12-13)17(21)20-8-10-22-11-9-20/h2-7,12H,8-11H2,1H3,(H,18,19). The van der Waals surface area contributed by atoms with E-state index in [9.17, 15) is 4.79 Å². The molecule has 0 radical (unpaired) electrons. The Bertz CT molecular complexity index is 666. The predicted octanol–water partition coefficient (Wildman–Crippen LogP) is 2.26. The van der Waals surface area contributed by atoms with Crippen LogP contribution in [0.25, 0.3) is 11.3 Å². The average Bonchev–Trinajstić information content (AvgIpc) is 2.62. The molecule has 0 spiro atoms. The summed E-state index contributed by atoms with van der Waals surface area (Å²) in [4.78, 5) is 18.9. The van der Waals surface area contributed by atoms with E-state index in [0.717, 1.165) is 17.1 Å². The zero-order valence-electron chi connectivity index (χ0n) is 12.6. The van der Waals surface area contributed by atoms with Crippen molar-refractivity contribution in [1.29, 1.82) is 0 Å². The molecule has 0 atom stereocenters. The van der Waals surface area contributed by atoms with Gasteiger partial charge in [-0.1, -0.05) is 18.2 Å². The fourth-order valence-electron chi connectivity index (χ4n) is 2.50. The maximum atomic E-state index is 12.5. The van der Waals surface area contributed by atoms with Crippen molar-refractivity contribution in [3.63, 3.8) is 0 Å². The molecule has 2 heterocycles. The van der Waals surface area contributed by atoms with Crippen LogP contribution >= 0.6 is 0 Å². The molecule has 1 N–H and O–H groups in total. The Hall–Kier alpha value is -2.40. The van der Waals surface area contributed by atoms with Gasteiger partial charge in [0.2, 0.25) is 0 Å². The van der Waals surface area contributed by atoms with Gasteiger partial charge < -0.3 is 15.0 Å². The van der Waals surface area contributed by atoms with Crippen LogP contribution in [-0.4, -0.2) is 49.1 Å². The van der Waals surface area contributed by atoms with Crippen LogP contribution < -0.4 is 5.32 Å². The van der Waals surface area contributed by atoms with Gasteiger partial charge in [0.25, 0.3) is 5.91 Å². The summed E-state index contributed by atoms with van der Waals surface area (Å²) in [6, 6.07) is 13.4. The number of carbonyl (C=O) groups excluding carboxylic acids is 1. The molecule has 1 saturated heterocycles. The Morgan fingerprint density at radius 1 is 1.18 bits per heavy atom. The topological polar surface area (TPSA) is 54.5 Å². The molecule has 114 valence electrons. The van der Waals surface area contributed by atoms with Gasteiger partial charge in [0, 0.05) is 31.3 Å². The highest BCUT2D eigenvalue weighted by molar-refractivity contribution is 5.95. The highest BCUT2D eigenvalue weighted by Crippen LogP contribution is 2.21. The van der Waals surface area contributed by atoms with Crippen LogP contribution in [0.4, 0.5) is 5.82 Å². The highest BCUT2D eigenvalue weighted by Gasteiger charge is 2.18. The van der Waals surface area contributed by atoms with Crippen molar-refractivity contribution in [2.24, 2.45) is 0 Å². The molecule has 1 amide bonds. The molecule has 1 aliphatic heterocycles. The molecule has 22 heavy (non-hydrogen) atoms. The lowest BCUT2D eigenvalue weighted by Gasteiger charge is -2.27. The summed E-state index contributed by atoms with van der Waals surface area (Å²) in [5.41, 5.74) is 2.48. The lowest BCUT2D eigenvalue weighted by molar-refractivity contribution is 0.0303. The number of anilines is 1. The molecule has 0 aliphatic carbocycles. The van der Waals surface area contributed by atoms with Crippen molar-refractivity contribution in [1.82, 2.24) is 9.88 Å². The number of benzene rings is 1. The van der Waals surface area contributed by atoms with Crippen molar-refractivity contribution in [3.8, 4) is 11.3 Å². The Labute approximate surface area is 129 Å². The Balaban J connectivity index is 1.87. The lowest BCUT2D eigenvalue weighted by Crippen LogP contribution is -2.40. The van der Waals surface area contributed by atoms with Gasteiger partial charge in [0.05, 0.1) is 18.9 Å². The fourth-order valence-corrected chi connectivity index (χ4v) is 2.50. The SMILES string of the molecule is CNc1cccc(-c2cccc(C(=O)N3CCOCC3)c2)n1. The largest absolute Gasteiger partial charge is 0.378 e. The van der Waals surface area contributed by atoms with Gasteiger partial charge in [-0.2, -0.15) is 0 Å². The van der Waals surface area contributed by atoms with E-state index in [1.54, 1.807) is 0 Å². The first-order valence-corrected chi connectivity index (χ1v) is 7.40. The number of hydrogen-bond acceptors (Lipinski definition) is 4. The number of rotatable bonds is 3. The van der Waals surface area contributed by atoms with E-state index in [-0.39, 0.29) is 5.91 Å². The molecule has 1 aromatic heterocycles. The molecule has 2 aromatic rings. The minimum Gasteiger partial charge on any atom is -0.378 e. The Morgan fingerprint density at radius 2 is 1.95 bits per heavy atom. The second-order valence-corrected chi connectivity index (χ2v) is 5.14. The minimum absolute atomic E-state index is 0.0509. The lowest BCUT2D eigenvalue weighted by atomic mass is 10.1. The van der Waals surface area contributed by atoms with Gasteiger partial charge in [0.15, 0.2) is 0 Å². The minimum atomic E-state index is 0.0509. The van der Waals surface area contributed by atoms with E-state index < -0.39 is 0 Å². The molecular formula is C17H19N3O2. The highest BCUT2D eigenvalue weighted by atomic mass is 16.5. The smallest absolute Gasteiger partial charge is 0.254 e. The van der Waals surface area contributed by atoms with Crippen LogP contribution in [0, 0.1) is 0 Å². The summed E-state index contributed by atoms with van der Waals surface area (Å²) < 4.78 is 5.29. The van der Waals surface area contributed by atoms with Crippen LogP contribution in [0.1, 0.15) is 10.4 Å². The number of ether oxygens (including phenoxy) is 1. The maximum Gasteiger partial charge on any atom is 0.254 e. The van der Waals surface area contributed by atoms with Crippen LogP contribution in [0.3, 0.4) is 0 Å². The molecule has 5 nitrogen and oxygen atoms in total. The van der Waals surface area contributed by atoms with E-state index in [0.29, 0.717) is 31.9 Å². The van der Waals surface area contributed by atoms with Crippen molar-refractivity contribution in [2.45, 2.75) is 0 Å². The quantitative estimate of drug-likeness (QED) is 0.944. The van der Waals surface area contributed by atoms with Crippen molar-refractivity contribution < 1.29 is 9.53 Å². The van der Waals surface area contributed by atoms with E-state index in [1.165, 1.54) is 0 Å². The monoisotopic (exact) mass is 297 g/mol. The third-order valence-electron chi connectivity index (χ3n) is 3.71. The Kier molecular flexibility index (Phi) is 4.34. The predicted molar refractivity (Wildman–Crippen MR) is 85.9 cm³/mol. The van der Waals surface area contributed by atoms with Gasteiger partial charge in [0.1, 0.15) is 5.82 Å².